The van der Waals surface area contributed by atoms with Gasteiger partial charge in [-0.25, -0.2) is 4.79 Å². The molecule has 0 unspecified atom stereocenters. The summed E-state index contributed by atoms with van der Waals surface area (Å²) in [5, 5.41) is 31.2. The Balaban J connectivity index is 2.47. The van der Waals surface area contributed by atoms with Gasteiger partial charge < -0.3 is 30.8 Å². The number of hydrogen-bond acceptors (Lipinski definition) is 8. The van der Waals surface area contributed by atoms with Crippen LogP contribution in [0.5, 0.6) is 17.4 Å². The minimum Gasteiger partial charge on any atom is -0.506 e. The Morgan fingerprint density at radius 3 is 2.39 bits per heavy atom. The summed E-state index contributed by atoms with van der Waals surface area (Å²) in [6, 6.07) is 3.80. The molecule has 2 aromatic rings. The van der Waals surface area contributed by atoms with Crippen LogP contribution in [0.3, 0.4) is 0 Å². The topological polar surface area (TPSA) is 163 Å². The van der Waals surface area contributed by atoms with Crippen LogP contribution in [0.4, 0.5) is 11.4 Å². The number of nitrogens with two attached hydrogens (primary N) is 1. The van der Waals surface area contributed by atoms with Gasteiger partial charge in [-0.15, -0.1) is 0 Å². The summed E-state index contributed by atoms with van der Waals surface area (Å²) in [6.07, 6.45) is 0. The van der Waals surface area contributed by atoms with Gasteiger partial charge >= 0.3 is 11.6 Å². The fourth-order valence-corrected chi connectivity index (χ4v) is 1.84. The Morgan fingerprint density at radius 1 is 1.17 bits per heavy atom. The Labute approximate surface area is 128 Å². The third kappa shape index (κ3) is 2.93. The van der Waals surface area contributed by atoms with Crippen molar-refractivity contribution in [3.63, 3.8) is 0 Å². The van der Waals surface area contributed by atoms with Crippen molar-refractivity contribution in [1.82, 2.24) is 0 Å². The SMILES string of the molecule is CC(=O)c1c(O)c(C(=O)Nc2ccc(N)c(O)c2)c(O)oc1=O. The predicted octanol–water partition coefficient (Wildman–Crippen LogP) is 0.794. The first-order valence-electron chi connectivity index (χ1n) is 6.22. The molecule has 9 heteroatoms. The molecule has 120 valence electrons. The summed E-state index contributed by atoms with van der Waals surface area (Å²) in [7, 11) is 0. The van der Waals surface area contributed by atoms with Gasteiger partial charge in [-0.3, -0.25) is 9.59 Å². The second kappa shape index (κ2) is 5.72. The van der Waals surface area contributed by atoms with Gasteiger partial charge in [0.25, 0.3) is 5.91 Å². The van der Waals surface area contributed by atoms with Crippen molar-refractivity contribution in [2.45, 2.75) is 6.92 Å². The van der Waals surface area contributed by atoms with E-state index in [0.717, 1.165) is 13.0 Å². The van der Waals surface area contributed by atoms with E-state index in [9.17, 15) is 29.7 Å². The molecule has 0 fully saturated rings. The molecule has 0 bridgehead atoms. The molecule has 1 aromatic carbocycles. The molecular weight excluding hydrogens is 308 g/mol. The van der Waals surface area contributed by atoms with E-state index in [0.29, 0.717) is 0 Å². The molecule has 0 radical (unpaired) electrons. The lowest BCUT2D eigenvalue weighted by Crippen LogP contribution is -2.18. The van der Waals surface area contributed by atoms with Crippen LogP contribution in [0.25, 0.3) is 0 Å². The van der Waals surface area contributed by atoms with E-state index in [1.807, 2.05) is 0 Å². The minimum absolute atomic E-state index is 0.0817. The molecule has 0 saturated carbocycles. The number of aromatic hydroxyl groups is 3. The van der Waals surface area contributed by atoms with Crippen molar-refractivity contribution in [2.24, 2.45) is 0 Å². The largest absolute Gasteiger partial charge is 0.506 e. The fraction of sp³-hybridized carbons (Fsp3) is 0.0714. The Bertz CT molecular complexity index is 870. The molecule has 0 saturated heterocycles. The van der Waals surface area contributed by atoms with Gasteiger partial charge in [0.2, 0.25) is 0 Å². The van der Waals surface area contributed by atoms with Gasteiger partial charge in [0.1, 0.15) is 11.3 Å². The summed E-state index contributed by atoms with van der Waals surface area (Å²) < 4.78 is 4.37. The number of Topliss-reactive ketones (excluding diaryl/α,β-unsaturated/α-hetero) is 1. The van der Waals surface area contributed by atoms with E-state index in [4.69, 9.17) is 5.73 Å². The quantitative estimate of drug-likeness (QED) is 0.315. The van der Waals surface area contributed by atoms with E-state index in [1.54, 1.807) is 0 Å². The second-order valence-corrected chi connectivity index (χ2v) is 4.58. The van der Waals surface area contributed by atoms with E-state index in [2.05, 4.69) is 9.73 Å². The molecule has 0 aliphatic rings. The van der Waals surface area contributed by atoms with Crippen LogP contribution >= 0.6 is 0 Å². The highest BCUT2D eigenvalue weighted by Crippen LogP contribution is 2.30. The summed E-state index contributed by atoms with van der Waals surface area (Å²) in [4.78, 5) is 34.9. The highest BCUT2D eigenvalue weighted by molar-refractivity contribution is 6.10. The lowest BCUT2D eigenvalue weighted by Gasteiger charge is -2.10. The monoisotopic (exact) mass is 320 g/mol. The molecule has 23 heavy (non-hydrogen) atoms. The standard InChI is InChI=1S/C14H12N2O7/c1-5(17)9-11(19)10(14(22)23-13(9)21)12(20)16-6-2-3-7(15)8(18)4-6/h2-4,18-19,22H,15H2,1H3,(H,16,20). The number of phenols is 1. The summed E-state index contributed by atoms with van der Waals surface area (Å²) in [5.41, 5.74) is 2.78. The smallest absolute Gasteiger partial charge is 0.353 e. The van der Waals surface area contributed by atoms with Crippen molar-refractivity contribution < 1.29 is 29.3 Å². The zero-order chi connectivity index (χ0) is 17.3. The molecule has 0 atom stereocenters. The molecule has 0 spiro atoms. The number of nitrogen functional groups attached to an aromatic ring is 1. The van der Waals surface area contributed by atoms with Crippen molar-refractivity contribution in [1.29, 1.82) is 0 Å². The maximum absolute atomic E-state index is 12.1. The second-order valence-electron chi connectivity index (χ2n) is 4.58. The summed E-state index contributed by atoms with van der Waals surface area (Å²) >= 11 is 0. The highest BCUT2D eigenvalue weighted by Gasteiger charge is 2.27. The number of phenolic OH excluding ortho intramolecular Hbond substituents is 1. The van der Waals surface area contributed by atoms with E-state index in [-0.39, 0.29) is 17.1 Å². The lowest BCUT2D eigenvalue weighted by atomic mass is 10.1. The number of carbonyl (C=O) groups is 2. The van der Waals surface area contributed by atoms with E-state index >= 15 is 0 Å². The number of carbonyl (C=O) groups excluding carboxylic acids is 2. The van der Waals surface area contributed by atoms with Crippen LogP contribution < -0.4 is 16.7 Å². The van der Waals surface area contributed by atoms with Crippen LogP contribution in [0.1, 0.15) is 27.6 Å². The normalized spacial score (nSPS) is 10.3. The molecule has 6 N–H and O–H groups in total. The Kier molecular flexibility index (Phi) is 3.95. The molecule has 1 aromatic heterocycles. The molecule has 9 nitrogen and oxygen atoms in total. The van der Waals surface area contributed by atoms with Gasteiger partial charge in [0.05, 0.1) is 5.69 Å². The number of ketones is 1. The van der Waals surface area contributed by atoms with Crippen molar-refractivity contribution in [2.75, 3.05) is 11.1 Å². The number of hydrogen-bond donors (Lipinski definition) is 5. The third-order valence-corrected chi connectivity index (χ3v) is 2.95. The Morgan fingerprint density at radius 2 is 1.83 bits per heavy atom. The molecule has 2 rings (SSSR count). The van der Waals surface area contributed by atoms with Crippen molar-refractivity contribution in [3.05, 3.63) is 39.7 Å². The van der Waals surface area contributed by atoms with Crippen LogP contribution in [0, 0.1) is 0 Å². The number of anilines is 2. The first-order valence-corrected chi connectivity index (χ1v) is 6.22. The predicted molar refractivity (Wildman–Crippen MR) is 78.8 cm³/mol. The Hall–Kier alpha value is -3.49. The van der Waals surface area contributed by atoms with Crippen LogP contribution in [0.15, 0.2) is 27.4 Å². The first-order chi connectivity index (χ1) is 10.7. The molecule has 1 heterocycles. The number of nitrogens with one attached hydrogen (secondary N) is 1. The molecule has 1 amide bonds. The van der Waals surface area contributed by atoms with Gasteiger partial charge in [-0.05, 0) is 19.1 Å². The van der Waals surface area contributed by atoms with E-state index in [1.165, 1.54) is 12.1 Å². The van der Waals surface area contributed by atoms with Crippen LogP contribution in [-0.4, -0.2) is 27.0 Å². The van der Waals surface area contributed by atoms with Gasteiger partial charge in [0, 0.05) is 11.8 Å². The van der Waals surface area contributed by atoms with Crippen molar-refractivity contribution >= 4 is 23.1 Å². The molecule has 0 aliphatic heterocycles. The van der Waals surface area contributed by atoms with Crippen molar-refractivity contribution in [3.8, 4) is 17.4 Å². The maximum atomic E-state index is 12.1. The zero-order valence-corrected chi connectivity index (χ0v) is 11.8. The van der Waals surface area contributed by atoms with Crippen LogP contribution in [-0.2, 0) is 0 Å². The minimum atomic E-state index is -1.27. The zero-order valence-electron chi connectivity index (χ0n) is 11.8. The van der Waals surface area contributed by atoms with Crippen LogP contribution in [0.2, 0.25) is 0 Å². The highest BCUT2D eigenvalue weighted by atomic mass is 16.5. The first kappa shape index (κ1) is 15.9. The summed E-state index contributed by atoms with van der Waals surface area (Å²) in [5.74, 6) is -4.33. The third-order valence-electron chi connectivity index (χ3n) is 2.95. The van der Waals surface area contributed by atoms with Gasteiger partial charge in [-0.2, -0.15) is 0 Å². The average molecular weight is 320 g/mol. The maximum Gasteiger partial charge on any atom is 0.353 e. The van der Waals surface area contributed by atoms with Gasteiger partial charge in [0.15, 0.2) is 17.1 Å². The van der Waals surface area contributed by atoms with E-state index < -0.39 is 40.1 Å². The molecule has 0 aliphatic carbocycles. The fourth-order valence-electron chi connectivity index (χ4n) is 1.84. The lowest BCUT2D eigenvalue weighted by molar-refractivity contribution is 0.100. The van der Waals surface area contributed by atoms with Gasteiger partial charge in [-0.1, -0.05) is 0 Å². The average Bonchev–Trinajstić information content (AvgIpc) is 2.41. The molecular formula is C14H12N2O7. The number of rotatable bonds is 3. The summed E-state index contributed by atoms with van der Waals surface area (Å²) in [6.45, 7) is 0.989. The number of benzene rings is 1. The number of amides is 1.